The molecule has 1 fully saturated rings. The van der Waals surface area contributed by atoms with E-state index >= 15 is 0 Å². The number of rotatable bonds is 7. The van der Waals surface area contributed by atoms with Crippen LogP contribution in [0.4, 0.5) is 29.7 Å². The van der Waals surface area contributed by atoms with Crippen LogP contribution in [0.2, 0.25) is 0 Å². The van der Waals surface area contributed by atoms with E-state index in [9.17, 15) is 22.8 Å². The minimum absolute atomic E-state index is 0.0415. The first-order chi connectivity index (χ1) is 18.0. The number of halogens is 3. The van der Waals surface area contributed by atoms with Crippen molar-refractivity contribution in [1.29, 1.82) is 0 Å². The standard InChI is InChI=1S/C26H29F3N6O2S/c1-16-4-5-17(12-21(16)33-24(37)22-14-31-25(30-2)38-22)23(36)32-19-7-6-18(20(13-19)26(27,28)29)15-35-10-8-34(3)9-11-35/h4-7,12-14H,8-11,15H2,1-3H3,(H,30,31)(H,32,36)(H,33,37). The highest BCUT2D eigenvalue weighted by Crippen LogP contribution is 2.35. The lowest BCUT2D eigenvalue weighted by Crippen LogP contribution is -2.44. The van der Waals surface area contributed by atoms with Crippen LogP contribution in [0.1, 0.15) is 36.7 Å². The molecule has 0 saturated carbocycles. The average Bonchev–Trinajstić information content (AvgIpc) is 3.36. The first-order valence-electron chi connectivity index (χ1n) is 12.0. The van der Waals surface area contributed by atoms with Gasteiger partial charge in [-0.2, -0.15) is 13.2 Å². The molecule has 0 unspecified atom stereocenters. The maximum atomic E-state index is 13.9. The van der Waals surface area contributed by atoms with Crippen molar-refractivity contribution >= 4 is 39.7 Å². The van der Waals surface area contributed by atoms with Gasteiger partial charge in [-0.15, -0.1) is 0 Å². The van der Waals surface area contributed by atoms with Gasteiger partial charge in [-0.3, -0.25) is 14.5 Å². The third-order valence-corrected chi connectivity index (χ3v) is 7.37. The summed E-state index contributed by atoms with van der Waals surface area (Å²) in [5.74, 6) is -0.967. The molecule has 0 spiro atoms. The Morgan fingerprint density at radius 1 is 1.03 bits per heavy atom. The zero-order chi connectivity index (χ0) is 27.4. The maximum Gasteiger partial charge on any atom is 0.416 e. The van der Waals surface area contributed by atoms with Gasteiger partial charge in [-0.1, -0.05) is 23.5 Å². The van der Waals surface area contributed by atoms with Gasteiger partial charge in [0.1, 0.15) is 4.88 Å². The van der Waals surface area contributed by atoms with Gasteiger partial charge in [0, 0.05) is 56.7 Å². The third kappa shape index (κ3) is 6.69. The molecule has 4 rings (SSSR count). The smallest absolute Gasteiger partial charge is 0.365 e. The Bertz CT molecular complexity index is 1320. The van der Waals surface area contributed by atoms with Crippen molar-refractivity contribution in [3.05, 3.63) is 69.7 Å². The molecule has 3 aromatic rings. The second-order valence-electron chi connectivity index (χ2n) is 9.17. The van der Waals surface area contributed by atoms with Crippen LogP contribution in [-0.2, 0) is 12.7 Å². The molecule has 1 aliphatic heterocycles. The molecule has 2 aromatic carbocycles. The van der Waals surface area contributed by atoms with Crippen molar-refractivity contribution < 1.29 is 22.8 Å². The number of likely N-dealkylation sites (N-methyl/N-ethyl adjacent to an activating group) is 1. The summed E-state index contributed by atoms with van der Waals surface area (Å²) in [6, 6.07) is 8.60. The highest BCUT2D eigenvalue weighted by Gasteiger charge is 2.34. The first kappa shape index (κ1) is 27.6. The molecule has 2 amide bonds. The fraction of sp³-hybridized carbons (Fsp3) is 0.346. The van der Waals surface area contributed by atoms with Crippen LogP contribution in [0.3, 0.4) is 0 Å². The van der Waals surface area contributed by atoms with E-state index < -0.39 is 17.6 Å². The summed E-state index contributed by atoms with van der Waals surface area (Å²) in [5.41, 5.74) is 0.781. The first-order valence-corrected chi connectivity index (χ1v) is 12.8. The predicted octanol–water partition coefficient (Wildman–Crippen LogP) is 4.76. The van der Waals surface area contributed by atoms with E-state index in [4.69, 9.17) is 0 Å². The monoisotopic (exact) mass is 546 g/mol. The van der Waals surface area contributed by atoms with E-state index in [2.05, 4.69) is 25.8 Å². The normalized spacial score (nSPS) is 14.8. The molecular weight excluding hydrogens is 517 g/mol. The molecule has 1 aromatic heterocycles. The molecule has 3 N–H and O–H groups in total. The lowest BCUT2D eigenvalue weighted by atomic mass is 10.0. The van der Waals surface area contributed by atoms with E-state index in [1.165, 1.54) is 35.7 Å². The lowest BCUT2D eigenvalue weighted by Gasteiger charge is -2.33. The van der Waals surface area contributed by atoms with Crippen LogP contribution in [0.5, 0.6) is 0 Å². The van der Waals surface area contributed by atoms with Crippen LogP contribution in [0.25, 0.3) is 0 Å². The summed E-state index contributed by atoms with van der Waals surface area (Å²) in [5, 5.41) is 8.78. The van der Waals surface area contributed by atoms with Crippen molar-refractivity contribution in [3.8, 4) is 0 Å². The number of anilines is 3. The van der Waals surface area contributed by atoms with Crippen LogP contribution >= 0.6 is 11.3 Å². The average molecular weight is 547 g/mol. The molecule has 0 aliphatic carbocycles. The molecule has 8 nitrogen and oxygen atoms in total. The topological polar surface area (TPSA) is 89.6 Å². The number of hydrogen-bond donors (Lipinski definition) is 3. The molecule has 38 heavy (non-hydrogen) atoms. The van der Waals surface area contributed by atoms with E-state index in [0.29, 0.717) is 28.8 Å². The van der Waals surface area contributed by atoms with Crippen molar-refractivity contribution in [2.24, 2.45) is 0 Å². The van der Waals surface area contributed by atoms with Crippen LogP contribution in [0, 0.1) is 6.92 Å². The van der Waals surface area contributed by atoms with Gasteiger partial charge < -0.3 is 20.9 Å². The molecular formula is C26H29F3N6O2S. The molecule has 0 bridgehead atoms. The Kier molecular flexibility index (Phi) is 8.34. The van der Waals surface area contributed by atoms with Gasteiger partial charge in [-0.05, 0) is 49.4 Å². The van der Waals surface area contributed by atoms with Gasteiger partial charge in [0.2, 0.25) is 0 Å². The number of aryl methyl sites for hydroxylation is 1. The van der Waals surface area contributed by atoms with E-state index in [0.717, 1.165) is 24.7 Å². The minimum Gasteiger partial charge on any atom is -0.365 e. The predicted molar refractivity (Wildman–Crippen MR) is 143 cm³/mol. The number of nitrogens with zero attached hydrogens (tertiary/aromatic N) is 3. The zero-order valence-corrected chi connectivity index (χ0v) is 22.1. The van der Waals surface area contributed by atoms with Crippen LogP contribution in [0.15, 0.2) is 42.6 Å². The molecule has 2 heterocycles. The Morgan fingerprint density at radius 2 is 1.76 bits per heavy atom. The number of amides is 2. The summed E-state index contributed by atoms with van der Waals surface area (Å²) in [6.45, 7) is 4.95. The highest BCUT2D eigenvalue weighted by molar-refractivity contribution is 7.17. The summed E-state index contributed by atoms with van der Waals surface area (Å²) in [6.07, 6.45) is -3.11. The van der Waals surface area contributed by atoms with Gasteiger partial charge in [-0.25, -0.2) is 4.98 Å². The van der Waals surface area contributed by atoms with Gasteiger partial charge in [0.15, 0.2) is 5.13 Å². The highest BCUT2D eigenvalue weighted by atomic mass is 32.1. The largest absolute Gasteiger partial charge is 0.416 e. The Hall–Kier alpha value is -3.48. The van der Waals surface area contributed by atoms with Gasteiger partial charge in [0.05, 0.1) is 11.8 Å². The second-order valence-corrected chi connectivity index (χ2v) is 10.2. The molecule has 1 saturated heterocycles. The number of aromatic nitrogens is 1. The number of piperazine rings is 1. The van der Waals surface area contributed by atoms with Crippen molar-refractivity contribution in [2.75, 3.05) is 56.2 Å². The summed E-state index contributed by atoms with van der Waals surface area (Å²) in [7, 11) is 3.69. The molecule has 12 heteroatoms. The number of benzene rings is 2. The van der Waals surface area contributed by atoms with Crippen molar-refractivity contribution in [1.82, 2.24) is 14.8 Å². The van der Waals surface area contributed by atoms with E-state index in [-0.39, 0.29) is 29.3 Å². The summed E-state index contributed by atoms with van der Waals surface area (Å²) < 4.78 is 41.7. The third-order valence-electron chi connectivity index (χ3n) is 6.35. The second kappa shape index (κ2) is 11.5. The fourth-order valence-corrected chi connectivity index (χ4v) is 4.75. The Morgan fingerprint density at radius 3 is 2.42 bits per heavy atom. The van der Waals surface area contributed by atoms with Crippen molar-refractivity contribution in [3.63, 3.8) is 0 Å². The minimum atomic E-state index is -4.56. The van der Waals surface area contributed by atoms with Crippen LogP contribution in [-0.4, -0.2) is 66.9 Å². The number of carbonyl (C=O) groups is 2. The number of nitrogens with one attached hydrogen (secondary N) is 3. The van der Waals surface area contributed by atoms with E-state index in [1.54, 1.807) is 26.1 Å². The number of alkyl halides is 3. The van der Waals surface area contributed by atoms with E-state index in [1.807, 2.05) is 11.9 Å². The molecule has 0 radical (unpaired) electrons. The summed E-state index contributed by atoms with van der Waals surface area (Å²) in [4.78, 5) is 34.1. The molecule has 0 atom stereocenters. The Labute approximate surface area is 222 Å². The SMILES string of the molecule is CNc1ncc(C(=O)Nc2cc(C(=O)Nc3ccc(CN4CCN(C)CC4)c(C(F)(F)F)c3)ccc2C)s1. The molecule has 1 aliphatic rings. The van der Waals surface area contributed by atoms with Gasteiger partial charge >= 0.3 is 6.18 Å². The van der Waals surface area contributed by atoms with Crippen molar-refractivity contribution in [2.45, 2.75) is 19.6 Å². The maximum absolute atomic E-state index is 13.9. The fourth-order valence-electron chi connectivity index (χ4n) is 4.08. The molecule has 202 valence electrons. The summed E-state index contributed by atoms with van der Waals surface area (Å²) >= 11 is 1.18. The number of carbonyl (C=O) groups excluding carboxylic acids is 2. The lowest BCUT2D eigenvalue weighted by molar-refractivity contribution is -0.138. The number of thiazole rings is 1. The number of hydrogen-bond acceptors (Lipinski definition) is 7. The zero-order valence-electron chi connectivity index (χ0n) is 21.3. The van der Waals surface area contributed by atoms with Gasteiger partial charge in [0.25, 0.3) is 11.8 Å². The Balaban J connectivity index is 1.49. The van der Waals surface area contributed by atoms with Crippen LogP contribution < -0.4 is 16.0 Å². The quantitative estimate of drug-likeness (QED) is 0.396.